The summed E-state index contributed by atoms with van der Waals surface area (Å²) in [5.74, 6) is -0.938. The van der Waals surface area contributed by atoms with E-state index in [9.17, 15) is 9.59 Å². The van der Waals surface area contributed by atoms with E-state index in [1.807, 2.05) is 39.8 Å². The highest BCUT2D eigenvalue weighted by atomic mass is 79.9. The highest BCUT2D eigenvalue weighted by molar-refractivity contribution is 9.10. The number of anilines is 1. The Kier molecular flexibility index (Phi) is 5.78. The summed E-state index contributed by atoms with van der Waals surface area (Å²) in [5, 5.41) is 14.4. The average molecular weight is 357 g/mol. The summed E-state index contributed by atoms with van der Waals surface area (Å²) in [7, 11) is 0. The summed E-state index contributed by atoms with van der Waals surface area (Å²) in [6.45, 7) is 7.60. The number of halogens is 1. The highest BCUT2D eigenvalue weighted by Crippen LogP contribution is 2.26. The van der Waals surface area contributed by atoms with Gasteiger partial charge in [-0.25, -0.2) is 4.79 Å². The van der Waals surface area contributed by atoms with Crippen molar-refractivity contribution >= 4 is 33.6 Å². The van der Waals surface area contributed by atoms with Gasteiger partial charge in [0.2, 0.25) is 0 Å². The number of rotatable bonds is 4. The van der Waals surface area contributed by atoms with E-state index < -0.39 is 18.0 Å². The number of hydrogen-bond donors (Lipinski definition) is 3. The molecule has 0 bridgehead atoms. The summed E-state index contributed by atoms with van der Waals surface area (Å²) >= 11 is 3.42. The topological polar surface area (TPSA) is 78.4 Å². The van der Waals surface area contributed by atoms with Crippen molar-refractivity contribution in [2.45, 2.75) is 40.2 Å². The van der Waals surface area contributed by atoms with Gasteiger partial charge in [-0.3, -0.25) is 4.79 Å². The molecule has 0 radical (unpaired) electrons. The first-order valence-corrected chi connectivity index (χ1v) is 7.45. The Labute approximate surface area is 133 Å². The number of hydrogen-bond acceptors (Lipinski definition) is 2. The fraction of sp³-hybridized carbons (Fsp3) is 0.467. The minimum absolute atomic E-state index is 0.119. The maximum Gasteiger partial charge on any atom is 0.319 e. The van der Waals surface area contributed by atoms with E-state index in [2.05, 4.69) is 26.6 Å². The predicted molar refractivity (Wildman–Crippen MR) is 86.5 cm³/mol. The van der Waals surface area contributed by atoms with Crippen molar-refractivity contribution in [1.29, 1.82) is 0 Å². The molecule has 0 aliphatic rings. The zero-order chi connectivity index (χ0) is 16.2. The average Bonchev–Trinajstić information content (AvgIpc) is 2.32. The summed E-state index contributed by atoms with van der Waals surface area (Å²) in [6.07, 6.45) is -0.119. The molecule has 3 N–H and O–H groups in total. The zero-order valence-electron chi connectivity index (χ0n) is 12.7. The fourth-order valence-corrected chi connectivity index (χ4v) is 2.17. The van der Waals surface area contributed by atoms with Crippen LogP contribution in [0.3, 0.4) is 0 Å². The fourth-order valence-electron chi connectivity index (χ4n) is 1.81. The first kappa shape index (κ1) is 17.5. The second-order valence-electron chi connectivity index (χ2n) is 6.05. The van der Waals surface area contributed by atoms with Crippen molar-refractivity contribution in [1.82, 2.24) is 5.32 Å². The van der Waals surface area contributed by atoms with E-state index >= 15 is 0 Å². The molecular formula is C15H21BrN2O3. The number of benzene rings is 1. The monoisotopic (exact) mass is 356 g/mol. The third-order valence-corrected chi connectivity index (χ3v) is 4.22. The molecule has 0 aromatic heterocycles. The Hall–Kier alpha value is -1.56. The molecule has 116 valence electrons. The molecule has 0 saturated carbocycles. The normalized spacial score (nSPS) is 12.6. The molecule has 2 amide bonds. The van der Waals surface area contributed by atoms with Gasteiger partial charge >= 0.3 is 12.0 Å². The van der Waals surface area contributed by atoms with Gasteiger partial charge in [-0.15, -0.1) is 0 Å². The molecule has 21 heavy (non-hydrogen) atoms. The SMILES string of the molecule is Cc1cccc(NC(=O)NC(CC(=O)O)C(C)(C)C)c1Br. The molecule has 6 heteroatoms. The highest BCUT2D eigenvalue weighted by Gasteiger charge is 2.28. The lowest BCUT2D eigenvalue weighted by molar-refractivity contribution is -0.138. The molecule has 0 heterocycles. The molecule has 0 fully saturated rings. The molecule has 1 aromatic carbocycles. The number of amides is 2. The van der Waals surface area contributed by atoms with Gasteiger partial charge in [-0.2, -0.15) is 0 Å². The minimum Gasteiger partial charge on any atom is -0.481 e. The van der Waals surface area contributed by atoms with E-state index in [1.54, 1.807) is 6.07 Å². The number of carbonyl (C=O) groups excluding carboxylic acids is 1. The van der Waals surface area contributed by atoms with Crippen LogP contribution >= 0.6 is 15.9 Å². The molecule has 1 rings (SSSR count). The third-order valence-electron chi connectivity index (χ3n) is 3.17. The van der Waals surface area contributed by atoms with Crippen molar-refractivity contribution in [2.75, 3.05) is 5.32 Å². The van der Waals surface area contributed by atoms with Crippen LogP contribution in [-0.4, -0.2) is 23.1 Å². The lowest BCUT2D eigenvalue weighted by atomic mass is 9.85. The molecular weight excluding hydrogens is 336 g/mol. The molecule has 1 atom stereocenters. The van der Waals surface area contributed by atoms with Crippen molar-refractivity contribution in [3.05, 3.63) is 28.2 Å². The van der Waals surface area contributed by atoms with Gasteiger partial charge in [-0.1, -0.05) is 32.9 Å². The predicted octanol–water partition coefficient (Wildman–Crippen LogP) is 3.77. The number of aryl methyl sites for hydroxylation is 1. The van der Waals surface area contributed by atoms with Crippen LogP contribution in [-0.2, 0) is 4.79 Å². The first-order valence-electron chi connectivity index (χ1n) is 6.65. The van der Waals surface area contributed by atoms with Crippen LogP contribution in [0, 0.1) is 12.3 Å². The van der Waals surface area contributed by atoms with Crippen molar-refractivity contribution < 1.29 is 14.7 Å². The summed E-state index contributed by atoms with van der Waals surface area (Å²) < 4.78 is 0.811. The Morgan fingerprint density at radius 3 is 2.48 bits per heavy atom. The van der Waals surface area contributed by atoms with E-state index in [-0.39, 0.29) is 11.8 Å². The number of carbonyl (C=O) groups is 2. The molecule has 0 saturated heterocycles. The number of carboxylic acids is 1. The Morgan fingerprint density at radius 1 is 1.33 bits per heavy atom. The maximum atomic E-state index is 12.1. The summed E-state index contributed by atoms with van der Waals surface area (Å²) in [4.78, 5) is 23.0. The van der Waals surface area contributed by atoms with Crippen LogP contribution < -0.4 is 10.6 Å². The molecule has 0 aliphatic heterocycles. The standard InChI is InChI=1S/C15H21BrN2O3/c1-9-6-5-7-10(13(9)16)17-14(21)18-11(8-12(19)20)15(2,3)4/h5-7,11H,8H2,1-4H3,(H,19,20)(H2,17,18,21). The smallest absolute Gasteiger partial charge is 0.319 e. The van der Waals surface area contributed by atoms with Gasteiger partial charge in [-0.05, 0) is 39.9 Å². The van der Waals surface area contributed by atoms with Gasteiger partial charge < -0.3 is 15.7 Å². The van der Waals surface area contributed by atoms with Gasteiger partial charge in [0.1, 0.15) is 0 Å². The first-order chi connectivity index (χ1) is 9.61. The lowest BCUT2D eigenvalue weighted by Crippen LogP contribution is -2.46. The third kappa shape index (κ3) is 5.38. The number of aliphatic carboxylic acids is 1. The van der Waals surface area contributed by atoms with E-state index in [1.165, 1.54) is 0 Å². The Bertz CT molecular complexity index is 538. The van der Waals surface area contributed by atoms with Crippen molar-refractivity contribution in [3.8, 4) is 0 Å². The quantitative estimate of drug-likeness (QED) is 0.768. The Balaban J connectivity index is 2.79. The number of carboxylic acid groups (broad SMARTS) is 1. The maximum absolute atomic E-state index is 12.1. The summed E-state index contributed by atoms with van der Waals surface area (Å²) in [5.41, 5.74) is 1.31. The molecule has 0 spiro atoms. The largest absolute Gasteiger partial charge is 0.481 e. The second kappa shape index (κ2) is 6.93. The van der Waals surface area contributed by atoms with Crippen LogP contribution in [0.4, 0.5) is 10.5 Å². The lowest BCUT2D eigenvalue weighted by Gasteiger charge is -2.30. The van der Waals surface area contributed by atoms with Crippen LogP contribution in [0.2, 0.25) is 0 Å². The Morgan fingerprint density at radius 2 is 1.95 bits per heavy atom. The van der Waals surface area contributed by atoms with Gasteiger partial charge in [0.15, 0.2) is 0 Å². The van der Waals surface area contributed by atoms with Crippen molar-refractivity contribution in [3.63, 3.8) is 0 Å². The van der Waals surface area contributed by atoms with Gasteiger partial charge in [0.05, 0.1) is 12.1 Å². The second-order valence-corrected chi connectivity index (χ2v) is 6.84. The summed E-state index contributed by atoms with van der Waals surface area (Å²) in [6, 6.07) is 4.67. The van der Waals surface area contributed by atoms with Crippen LogP contribution in [0.25, 0.3) is 0 Å². The molecule has 1 aromatic rings. The number of urea groups is 1. The molecule has 0 aliphatic carbocycles. The molecule has 1 unspecified atom stereocenters. The zero-order valence-corrected chi connectivity index (χ0v) is 14.2. The van der Waals surface area contributed by atoms with Crippen molar-refractivity contribution in [2.24, 2.45) is 5.41 Å². The van der Waals surface area contributed by atoms with Crippen LogP contribution in [0.1, 0.15) is 32.8 Å². The van der Waals surface area contributed by atoms with E-state index in [0.29, 0.717) is 5.69 Å². The minimum atomic E-state index is -0.938. The van der Waals surface area contributed by atoms with Crippen LogP contribution in [0.15, 0.2) is 22.7 Å². The van der Waals surface area contributed by atoms with Gasteiger partial charge in [0, 0.05) is 10.5 Å². The number of nitrogens with one attached hydrogen (secondary N) is 2. The molecule has 5 nitrogen and oxygen atoms in total. The van der Waals surface area contributed by atoms with E-state index in [4.69, 9.17) is 5.11 Å². The van der Waals surface area contributed by atoms with E-state index in [0.717, 1.165) is 10.0 Å². The van der Waals surface area contributed by atoms with Crippen LogP contribution in [0.5, 0.6) is 0 Å². The van der Waals surface area contributed by atoms with Gasteiger partial charge in [0.25, 0.3) is 0 Å².